The zero-order valence-corrected chi connectivity index (χ0v) is 13.5. The van der Waals surface area contributed by atoms with Gasteiger partial charge in [0.15, 0.2) is 0 Å². The first-order valence-electron chi connectivity index (χ1n) is 8.25. The van der Waals surface area contributed by atoms with Crippen LogP contribution in [0.1, 0.15) is 35.4 Å². The van der Waals surface area contributed by atoms with Gasteiger partial charge in [0, 0.05) is 25.4 Å². The van der Waals surface area contributed by atoms with E-state index >= 15 is 0 Å². The molecule has 0 aliphatic carbocycles. The van der Waals surface area contributed by atoms with Gasteiger partial charge < -0.3 is 10.0 Å². The van der Waals surface area contributed by atoms with Gasteiger partial charge in [0.2, 0.25) is 5.91 Å². The van der Waals surface area contributed by atoms with E-state index in [0.29, 0.717) is 13.1 Å². The van der Waals surface area contributed by atoms with Crippen molar-refractivity contribution >= 4 is 11.9 Å². The summed E-state index contributed by atoms with van der Waals surface area (Å²) >= 11 is 0. The summed E-state index contributed by atoms with van der Waals surface area (Å²) in [6.45, 7) is 1.31. The number of rotatable bonds is 5. The Morgan fingerprint density at radius 1 is 0.958 bits per heavy atom. The molecule has 0 saturated carbocycles. The molecule has 0 radical (unpaired) electrons. The van der Waals surface area contributed by atoms with Crippen molar-refractivity contribution in [2.45, 2.75) is 31.7 Å². The van der Waals surface area contributed by atoms with Gasteiger partial charge >= 0.3 is 5.97 Å². The predicted molar refractivity (Wildman–Crippen MR) is 91.6 cm³/mol. The van der Waals surface area contributed by atoms with E-state index in [0.717, 1.165) is 12.0 Å². The summed E-state index contributed by atoms with van der Waals surface area (Å²) in [6.07, 6.45) is 1.06. The number of hydrogen-bond donors (Lipinski definition) is 1. The fraction of sp³-hybridized carbons (Fsp3) is 0.300. The first-order valence-corrected chi connectivity index (χ1v) is 8.25. The summed E-state index contributed by atoms with van der Waals surface area (Å²) < 4.78 is 0. The second kappa shape index (κ2) is 7.30. The van der Waals surface area contributed by atoms with Crippen LogP contribution in [0.15, 0.2) is 54.6 Å². The quantitative estimate of drug-likeness (QED) is 0.919. The molecule has 124 valence electrons. The summed E-state index contributed by atoms with van der Waals surface area (Å²) in [4.78, 5) is 25.7. The molecule has 0 unspecified atom stereocenters. The van der Waals surface area contributed by atoms with Gasteiger partial charge in [-0.3, -0.25) is 9.59 Å². The van der Waals surface area contributed by atoms with Crippen molar-refractivity contribution in [1.29, 1.82) is 0 Å². The number of carbonyl (C=O) groups is 2. The second-order valence-electron chi connectivity index (χ2n) is 6.24. The molecule has 0 spiro atoms. The minimum atomic E-state index is -0.874. The normalized spacial score (nSPS) is 14.8. The van der Waals surface area contributed by atoms with E-state index in [1.807, 2.05) is 47.4 Å². The van der Waals surface area contributed by atoms with Crippen molar-refractivity contribution in [3.05, 3.63) is 71.3 Å². The van der Waals surface area contributed by atoms with Crippen LogP contribution < -0.4 is 0 Å². The average Bonchev–Trinajstić information content (AvgIpc) is 2.61. The third-order valence-electron chi connectivity index (χ3n) is 4.60. The fourth-order valence-corrected chi connectivity index (χ4v) is 3.29. The van der Waals surface area contributed by atoms with Crippen LogP contribution in [-0.4, -0.2) is 28.4 Å². The lowest BCUT2D eigenvalue weighted by atomic mass is 9.91. The Hall–Kier alpha value is -2.62. The molecule has 0 fully saturated rings. The zero-order valence-electron chi connectivity index (χ0n) is 13.5. The van der Waals surface area contributed by atoms with Gasteiger partial charge in [0.05, 0.1) is 6.42 Å². The van der Waals surface area contributed by atoms with Crippen LogP contribution in [0.25, 0.3) is 0 Å². The first-order chi connectivity index (χ1) is 11.6. The Morgan fingerprint density at radius 2 is 1.62 bits per heavy atom. The van der Waals surface area contributed by atoms with Gasteiger partial charge in [-0.2, -0.15) is 0 Å². The van der Waals surface area contributed by atoms with Crippen LogP contribution in [0, 0.1) is 0 Å². The molecule has 0 bridgehead atoms. The molecule has 2 aromatic rings. The number of carbonyl (C=O) groups excluding carboxylic acids is 1. The third-order valence-corrected chi connectivity index (χ3v) is 4.60. The lowest BCUT2D eigenvalue weighted by Crippen LogP contribution is -2.36. The predicted octanol–water partition coefficient (Wildman–Crippen LogP) is 3.22. The Morgan fingerprint density at radius 3 is 2.33 bits per heavy atom. The molecule has 1 N–H and O–H groups in total. The molecular weight excluding hydrogens is 302 g/mol. The standard InChI is InChI=1S/C20H21NO3/c22-19(21-11-10-16-8-4-5-9-17(16)14-21)12-18(13-20(23)24)15-6-2-1-3-7-15/h1-9,18H,10-14H2,(H,23,24)/t18-/m1/s1. The monoisotopic (exact) mass is 323 g/mol. The highest BCUT2D eigenvalue weighted by Crippen LogP contribution is 2.26. The van der Waals surface area contributed by atoms with Crippen molar-refractivity contribution in [2.75, 3.05) is 6.54 Å². The maximum absolute atomic E-state index is 12.7. The fourth-order valence-electron chi connectivity index (χ4n) is 3.29. The van der Waals surface area contributed by atoms with E-state index in [9.17, 15) is 14.7 Å². The van der Waals surface area contributed by atoms with E-state index in [-0.39, 0.29) is 24.7 Å². The Bertz CT molecular complexity index is 727. The molecule has 1 aliphatic rings. The SMILES string of the molecule is O=C(O)C[C@@H](CC(=O)N1CCc2ccccc2C1)c1ccccc1. The molecule has 4 nitrogen and oxygen atoms in total. The average molecular weight is 323 g/mol. The Kier molecular flexibility index (Phi) is 4.94. The molecule has 24 heavy (non-hydrogen) atoms. The van der Waals surface area contributed by atoms with Crippen LogP contribution in [-0.2, 0) is 22.6 Å². The highest BCUT2D eigenvalue weighted by molar-refractivity contribution is 5.79. The summed E-state index contributed by atoms with van der Waals surface area (Å²) in [5.41, 5.74) is 3.39. The minimum absolute atomic E-state index is 0.0274. The number of benzene rings is 2. The van der Waals surface area contributed by atoms with Crippen LogP contribution >= 0.6 is 0 Å². The van der Waals surface area contributed by atoms with Crippen LogP contribution in [0.5, 0.6) is 0 Å². The van der Waals surface area contributed by atoms with E-state index in [1.165, 1.54) is 11.1 Å². The highest BCUT2D eigenvalue weighted by atomic mass is 16.4. The molecule has 3 rings (SSSR count). The number of aliphatic carboxylic acids is 1. The van der Waals surface area contributed by atoms with Gasteiger partial charge in [-0.1, -0.05) is 54.6 Å². The molecule has 4 heteroatoms. The van der Waals surface area contributed by atoms with Gasteiger partial charge in [-0.25, -0.2) is 0 Å². The largest absolute Gasteiger partial charge is 0.481 e. The molecule has 1 atom stereocenters. The zero-order chi connectivity index (χ0) is 16.9. The molecule has 1 heterocycles. The topological polar surface area (TPSA) is 57.6 Å². The third kappa shape index (κ3) is 3.82. The van der Waals surface area contributed by atoms with E-state index in [1.54, 1.807) is 0 Å². The van der Waals surface area contributed by atoms with Crippen molar-refractivity contribution in [2.24, 2.45) is 0 Å². The molecule has 2 aromatic carbocycles. The van der Waals surface area contributed by atoms with Crippen molar-refractivity contribution < 1.29 is 14.7 Å². The second-order valence-corrected chi connectivity index (χ2v) is 6.24. The molecule has 0 aromatic heterocycles. The number of hydrogen-bond acceptors (Lipinski definition) is 2. The summed E-state index contributed by atoms with van der Waals surface area (Å²) in [7, 11) is 0. The molecule has 0 saturated heterocycles. The minimum Gasteiger partial charge on any atom is -0.481 e. The van der Waals surface area contributed by atoms with Crippen LogP contribution in [0.4, 0.5) is 0 Å². The maximum atomic E-state index is 12.7. The van der Waals surface area contributed by atoms with Gasteiger partial charge in [0.1, 0.15) is 0 Å². The lowest BCUT2D eigenvalue weighted by Gasteiger charge is -2.30. The number of fused-ring (bicyclic) bond motifs is 1. The number of nitrogens with zero attached hydrogens (tertiary/aromatic N) is 1. The highest BCUT2D eigenvalue weighted by Gasteiger charge is 2.25. The number of carboxylic acids is 1. The molecular formula is C20H21NO3. The number of amides is 1. The van der Waals surface area contributed by atoms with Gasteiger partial charge in [0.25, 0.3) is 0 Å². The van der Waals surface area contributed by atoms with E-state index in [2.05, 4.69) is 12.1 Å². The Labute approximate surface area is 141 Å². The lowest BCUT2D eigenvalue weighted by molar-refractivity contribution is -0.138. The first kappa shape index (κ1) is 16.2. The van der Waals surface area contributed by atoms with Gasteiger partial charge in [-0.05, 0) is 23.1 Å². The summed E-state index contributed by atoms with van der Waals surface area (Å²) in [5.74, 6) is -1.13. The molecule has 1 aliphatic heterocycles. The maximum Gasteiger partial charge on any atom is 0.303 e. The van der Waals surface area contributed by atoms with Crippen LogP contribution in [0.2, 0.25) is 0 Å². The molecule has 1 amide bonds. The van der Waals surface area contributed by atoms with E-state index < -0.39 is 5.97 Å². The number of carboxylic acid groups (broad SMARTS) is 1. The van der Waals surface area contributed by atoms with Crippen molar-refractivity contribution in [3.8, 4) is 0 Å². The summed E-state index contributed by atoms with van der Waals surface area (Å²) in [5, 5.41) is 9.17. The van der Waals surface area contributed by atoms with Gasteiger partial charge in [-0.15, -0.1) is 0 Å². The van der Waals surface area contributed by atoms with E-state index in [4.69, 9.17) is 0 Å². The smallest absolute Gasteiger partial charge is 0.303 e. The Balaban J connectivity index is 1.71. The van der Waals surface area contributed by atoms with Crippen molar-refractivity contribution in [3.63, 3.8) is 0 Å². The summed E-state index contributed by atoms with van der Waals surface area (Å²) in [6, 6.07) is 17.6. The van der Waals surface area contributed by atoms with Crippen molar-refractivity contribution in [1.82, 2.24) is 4.90 Å². The van der Waals surface area contributed by atoms with Crippen LogP contribution in [0.3, 0.4) is 0 Å².